The monoisotopic (exact) mass is 295 g/mol. The van der Waals surface area contributed by atoms with Gasteiger partial charge in [0.2, 0.25) is 6.17 Å². The lowest BCUT2D eigenvalue weighted by Crippen LogP contribution is -2.32. The second kappa shape index (κ2) is 7.91. The molecule has 0 fully saturated rings. The molecular formula is C12H16ClF2NO3. The Morgan fingerprint density at radius 3 is 2.63 bits per heavy atom. The third-order valence-electron chi connectivity index (χ3n) is 2.39. The maximum atomic E-state index is 13.7. The van der Waals surface area contributed by atoms with Gasteiger partial charge in [0.05, 0.1) is 25.3 Å². The number of halogens is 3. The van der Waals surface area contributed by atoms with Gasteiger partial charge in [-0.05, 0) is 19.1 Å². The number of alkyl halides is 1. The molecule has 2 N–H and O–H groups in total. The van der Waals surface area contributed by atoms with Crippen LogP contribution in [0.2, 0.25) is 0 Å². The second-order valence-electron chi connectivity index (χ2n) is 3.54. The Morgan fingerprint density at radius 2 is 2.11 bits per heavy atom. The SMILES string of the molecule is CCOC(=O)C(F)[C@H](N)c1c(F)cccc1OC.Cl. The van der Waals surface area contributed by atoms with E-state index in [1.807, 2.05) is 0 Å². The zero-order chi connectivity index (χ0) is 13.7. The Labute approximate surface area is 116 Å². The van der Waals surface area contributed by atoms with Crippen molar-refractivity contribution < 1.29 is 23.0 Å². The number of hydrogen-bond donors (Lipinski definition) is 1. The molecule has 0 aliphatic rings. The lowest BCUT2D eigenvalue weighted by molar-refractivity contribution is -0.150. The fourth-order valence-corrected chi connectivity index (χ4v) is 1.53. The predicted molar refractivity (Wildman–Crippen MR) is 68.7 cm³/mol. The predicted octanol–water partition coefficient (Wildman–Crippen LogP) is 2.16. The Kier molecular flexibility index (Phi) is 7.33. The molecule has 0 radical (unpaired) electrons. The third kappa shape index (κ3) is 4.04. The number of rotatable bonds is 5. The lowest BCUT2D eigenvalue weighted by atomic mass is 10.0. The van der Waals surface area contributed by atoms with Crippen molar-refractivity contribution in [2.45, 2.75) is 19.1 Å². The van der Waals surface area contributed by atoms with Crippen molar-refractivity contribution in [3.8, 4) is 5.75 Å². The summed E-state index contributed by atoms with van der Waals surface area (Å²) in [6.45, 7) is 1.57. The van der Waals surface area contributed by atoms with Crippen molar-refractivity contribution in [3.63, 3.8) is 0 Å². The summed E-state index contributed by atoms with van der Waals surface area (Å²) in [4.78, 5) is 11.2. The summed E-state index contributed by atoms with van der Waals surface area (Å²) in [6, 6.07) is 2.49. The van der Waals surface area contributed by atoms with Gasteiger partial charge in [-0.2, -0.15) is 0 Å². The average molecular weight is 296 g/mol. The van der Waals surface area contributed by atoms with Crippen LogP contribution < -0.4 is 10.5 Å². The molecule has 0 saturated carbocycles. The highest BCUT2D eigenvalue weighted by atomic mass is 35.5. The Hall–Kier alpha value is -1.40. The fraction of sp³-hybridized carbons (Fsp3) is 0.417. The molecule has 0 saturated heterocycles. The quantitative estimate of drug-likeness (QED) is 0.846. The van der Waals surface area contributed by atoms with Gasteiger partial charge in [0.1, 0.15) is 11.6 Å². The van der Waals surface area contributed by atoms with E-state index in [0.29, 0.717) is 0 Å². The largest absolute Gasteiger partial charge is 0.496 e. The van der Waals surface area contributed by atoms with Crippen LogP contribution in [0.1, 0.15) is 18.5 Å². The van der Waals surface area contributed by atoms with Crippen molar-refractivity contribution >= 4 is 18.4 Å². The molecular weight excluding hydrogens is 280 g/mol. The topological polar surface area (TPSA) is 61.5 Å². The van der Waals surface area contributed by atoms with Gasteiger partial charge in [0.25, 0.3) is 0 Å². The summed E-state index contributed by atoms with van der Waals surface area (Å²) in [5.74, 6) is -1.75. The van der Waals surface area contributed by atoms with Gasteiger partial charge in [0.15, 0.2) is 0 Å². The highest BCUT2D eigenvalue weighted by molar-refractivity contribution is 5.85. The summed E-state index contributed by atoms with van der Waals surface area (Å²) < 4.78 is 36.8. The van der Waals surface area contributed by atoms with Crippen LogP contribution in [0.15, 0.2) is 18.2 Å². The molecule has 1 unspecified atom stereocenters. The van der Waals surface area contributed by atoms with E-state index in [2.05, 4.69) is 4.74 Å². The van der Waals surface area contributed by atoms with Gasteiger partial charge in [-0.3, -0.25) is 0 Å². The lowest BCUT2D eigenvalue weighted by Gasteiger charge is -2.18. The standard InChI is InChI=1S/C12H15F2NO3.ClH/c1-3-18-12(16)10(14)11(15)9-7(13)5-4-6-8(9)17-2;/h4-6,10-11H,3,15H2,1-2H3;1H/t10?,11-;/m1./s1. The molecule has 1 rings (SSSR count). The number of ether oxygens (including phenoxy) is 2. The molecule has 2 atom stereocenters. The van der Waals surface area contributed by atoms with Crippen LogP contribution in [0.5, 0.6) is 5.75 Å². The van der Waals surface area contributed by atoms with Gasteiger partial charge >= 0.3 is 5.97 Å². The zero-order valence-electron chi connectivity index (χ0n) is 10.6. The van der Waals surface area contributed by atoms with Gasteiger partial charge < -0.3 is 15.2 Å². The van der Waals surface area contributed by atoms with E-state index in [4.69, 9.17) is 10.5 Å². The molecule has 0 bridgehead atoms. The maximum Gasteiger partial charge on any atom is 0.342 e. The molecule has 0 aliphatic carbocycles. The first-order chi connectivity index (χ1) is 8.52. The highest BCUT2D eigenvalue weighted by Crippen LogP contribution is 2.29. The Bertz CT molecular complexity index is 431. The molecule has 0 spiro atoms. The molecule has 0 amide bonds. The normalized spacial score (nSPS) is 13.1. The minimum atomic E-state index is -2.14. The van der Waals surface area contributed by atoms with E-state index in [9.17, 15) is 13.6 Å². The van der Waals surface area contributed by atoms with Crippen LogP contribution in [0, 0.1) is 5.82 Å². The summed E-state index contributed by atoms with van der Waals surface area (Å²) >= 11 is 0. The zero-order valence-corrected chi connectivity index (χ0v) is 11.4. The smallest absolute Gasteiger partial charge is 0.342 e. The number of esters is 1. The molecule has 0 aliphatic heterocycles. The minimum Gasteiger partial charge on any atom is -0.496 e. The van der Waals surface area contributed by atoms with Gasteiger partial charge in [-0.25, -0.2) is 13.6 Å². The van der Waals surface area contributed by atoms with E-state index in [-0.39, 0.29) is 30.3 Å². The van der Waals surface area contributed by atoms with E-state index >= 15 is 0 Å². The van der Waals surface area contributed by atoms with Crippen LogP contribution >= 0.6 is 12.4 Å². The van der Waals surface area contributed by atoms with Crippen LogP contribution in [-0.2, 0) is 9.53 Å². The number of nitrogens with two attached hydrogens (primary N) is 1. The molecule has 0 aromatic heterocycles. The molecule has 108 valence electrons. The average Bonchev–Trinajstić information content (AvgIpc) is 2.36. The first kappa shape index (κ1) is 17.6. The van der Waals surface area contributed by atoms with Crippen LogP contribution in [0.25, 0.3) is 0 Å². The van der Waals surface area contributed by atoms with Crippen LogP contribution in [0.3, 0.4) is 0 Å². The van der Waals surface area contributed by atoms with Crippen molar-refractivity contribution in [2.24, 2.45) is 5.73 Å². The maximum absolute atomic E-state index is 13.7. The first-order valence-corrected chi connectivity index (χ1v) is 5.41. The van der Waals surface area contributed by atoms with Gasteiger partial charge in [0, 0.05) is 0 Å². The molecule has 7 heteroatoms. The Balaban J connectivity index is 0.00000324. The van der Waals surface area contributed by atoms with E-state index < -0.39 is 24.0 Å². The first-order valence-electron chi connectivity index (χ1n) is 5.41. The van der Waals surface area contributed by atoms with Crippen molar-refractivity contribution in [1.29, 1.82) is 0 Å². The van der Waals surface area contributed by atoms with E-state index in [0.717, 1.165) is 6.07 Å². The molecule has 1 aromatic carbocycles. The van der Waals surface area contributed by atoms with Crippen molar-refractivity contribution in [3.05, 3.63) is 29.6 Å². The number of carbonyl (C=O) groups excluding carboxylic acids is 1. The number of carbonyl (C=O) groups is 1. The third-order valence-corrected chi connectivity index (χ3v) is 2.39. The fourth-order valence-electron chi connectivity index (χ4n) is 1.53. The second-order valence-corrected chi connectivity index (χ2v) is 3.54. The molecule has 4 nitrogen and oxygen atoms in total. The van der Waals surface area contributed by atoms with Crippen LogP contribution in [0.4, 0.5) is 8.78 Å². The summed E-state index contributed by atoms with van der Waals surface area (Å²) in [5.41, 5.74) is 5.37. The van der Waals surface area contributed by atoms with E-state index in [1.54, 1.807) is 6.92 Å². The van der Waals surface area contributed by atoms with E-state index in [1.165, 1.54) is 19.2 Å². The number of benzene rings is 1. The molecule has 1 aromatic rings. The number of methoxy groups -OCH3 is 1. The van der Waals surface area contributed by atoms with Crippen LogP contribution in [-0.4, -0.2) is 25.9 Å². The van der Waals surface area contributed by atoms with Gasteiger partial charge in [-0.1, -0.05) is 6.07 Å². The van der Waals surface area contributed by atoms with Gasteiger partial charge in [-0.15, -0.1) is 12.4 Å². The summed E-state index contributed by atoms with van der Waals surface area (Å²) in [5, 5.41) is 0. The minimum absolute atomic E-state index is 0. The summed E-state index contributed by atoms with van der Waals surface area (Å²) in [7, 11) is 1.31. The molecule has 0 heterocycles. The Morgan fingerprint density at radius 1 is 1.47 bits per heavy atom. The van der Waals surface area contributed by atoms with Crippen molar-refractivity contribution in [1.82, 2.24) is 0 Å². The number of hydrogen-bond acceptors (Lipinski definition) is 4. The molecule has 19 heavy (non-hydrogen) atoms. The highest BCUT2D eigenvalue weighted by Gasteiger charge is 2.31. The van der Waals surface area contributed by atoms with Crippen molar-refractivity contribution in [2.75, 3.05) is 13.7 Å². The summed E-state index contributed by atoms with van der Waals surface area (Å²) in [6.07, 6.45) is -2.14.